The van der Waals surface area contributed by atoms with E-state index in [2.05, 4.69) is 28.9 Å². The zero-order chi connectivity index (χ0) is 9.80. The van der Waals surface area contributed by atoms with Crippen LogP contribution < -0.4 is 10.6 Å². The van der Waals surface area contributed by atoms with Crippen LogP contribution in [0.25, 0.3) is 0 Å². The predicted octanol–water partition coefficient (Wildman–Crippen LogP) is 0.741. The number of nitrogens with one attached hydrogen (secondary N) is 2. The van der Waals surface area contributed by atoms with Crippen LogP contribution in [-0.4, -0.2) is 25.0 Å². The summed E-state index contributed by atoms with van der Waals surface area (Å²) in [5, 5.41) is 6.11. The first-order valence-electron chi connectivity index (χ1n) is 5.19. The van der Waals surface area contributed by atoms with Gasteiger partial charge in [-0.3, -0.25) is 4.79 Å². The van der Waals surface area contributed by atoms with Gasteiger partial charge in [0.25, 0.3) is 0 Å². The van der Waals surface area contributed by atoms with Gasteiger partial charge in [0.1, 0.15) is 0 Å². The highest BCUT2D eigenvalue weighted by atomic mass is 16.2. The molecular weight excluding hydrogens is 176 g/mol. The van der Waals surface area contributed by atoms with Crippen LogP contribution in [0, 0.1) is 0 Å². The highest BCUT2D eigenvalue weighted by molar-refractivity contribution is 5.79. The molecule has 2 rings (SSSR count). The van der Waals surface area contributed by atoms with Crippen LogP contribution >= 0.6 is 0 Å². The third-order valence-corrected chi connectivity index (χ3v) is 2.65. The molecule has 2 N–H and O–H groups in total. The van der Waals surface area contributed by atoms with E-state index in [1.165, 1.54) is 5.57 Å². The third-order valence-electron chi connectivity index (χ3n) is 2.65. The van der Waals surface area contributed by atoms with E-state index in [4.69, 9.17) is 0 Å². The minimum Gasteiger partial charge on any atom is -0.351 e. The number of rotatable bonds is 2. The van der Waals surface area contributed by atoms with Crippen molar-refractivity contribution < 1.29 is 4.79 Å². The normalized spacial score (nSPS) is 27.0. The van der Waals surface area contributed by atoms with E-state index in [1.54, 1.807) is 0 Å². The van der Waals surface area contributed by atoms with E-state index < -0.39 is 0 Å². The number of piperazine rings is 1. The van der Waals surface area contributed by atoms with Crippen molar-refractivity contribution in [2.75, 3.05) is 13.1 Å². The van der Waals surface area contributed by atoms with Gasteiger partial charge in [0.05, 0.1) is 6.54 Å². The monoisotopic (exact) mass is 192 g/mol. The number of hydrogen-bond acceptors (Lipinski definition) is 2. The first-order chi connectivity index (χ1) is 6.84. The van der Waals surface area contributed by atoms with E-state index in [-0.39, 0.29) is 11.9 Å². The van der Waals surface area contributed by atoms with E-state index in [1.807, 2.05) is 0 Å². The second kappa shape index (κ2) is 4.42. The molecule has 1 atom stereocenters. The molecule has 1 aliphatic heterocycles. The summed E-state index contributed by atoms with van der Waals surface area (Å²) in [7, 11) is 0. The van der Waals surface area contributed by atoms with Gasteiger partial charge >= 0.3 is 0 Å². The molecule has 1 heterocycles. The molecule has 1 amide bonds. The van der Waals surface area contributed by atoms with Gasteiger partial charge < -0.3 is 10.6 Å². The van der Waals surface area contributed by atoms with E-state index in [9.17, 15) is 4.79 Å². The lowest BCUT2D eigenvalue weighted by atomic mass is 9.97. The van der Waals surface area contributed by atoms with Crippen molar-refractivity contribution in [2.24, 2.45) is 0 Å². The Hall–Kier alpha value is -1.09. The Balaban J connectivity index is 1.87. The van der Waals surface area contributed by atoms with E-state index >= 15 is 0 Å². The highest BCUT2D eigenvalue weighted by Gasteiger charge is 2.18. The largest absolute Gasteiger partial charge is 0.351 e. The topological polar surface area (TPSA) is 41.1 Å². The molecule has 76 valence electrons. The third kappa shape index (κ3) is 2.45. The van der Waals surface area contributed by atoms with Gasteiger partial charge in [-0.15, -0.1) is 0 Å². The Morgan fingerprint density at radius 1 is 1.50 bits per heavy atom. The molecule has 0 spiro atoms. The number of allylic oxidation sites excluding steroid dienone is 3. The molecular formula is C11H16N2O. The summed E-state index contributed by atoms with van der Waals surface area (Å²) in [6, 6.07) is 0.286. The molecule has 0 aromatic carbocycles. The van der Waals surface area contributed by atoms with Crippen molar-refractivity contribution in [3.63, 3.8) is 0 Å². The van der Waals surface area contributed by atoms with Crippen LogP contribution in [0.15, 0.2) is 23.8 Å². The molecule has 3 nitrogen and oxygen atoms in total. The lowest BCUT2D eigenvalue weighted by Gasteiger charge is -2.25. The molecule has 14 heavy (non-hydrogen) atoms. The lowest BCUT2D eigenvalue weighted by molar-refractivity contribution is -0.122. The molecule has 0 saturated carbocycles. The smallest absolute Gasteiger partial charge is 0.234 e. The summed E-state index contributed by atoms with van der Waals surface area (Å²) in [6.45, 7) is 1.36. The first kappa shape index (κ1) is 9.46. The summed E-state index contributed by atoms with van der Waals surface area (Å²) >= 11 is 0. The standard InChI is InChI=1S/C11H16N2O/c14-11-8-12-7-10(13-11)6-9-4-2-1-3-5-9/h1-2,4,10,12H,3,5-8H2,(H,13,14)/t10-/m1/s1. The minimum absolute atomic E-state index is 0.119. The zero-order valence-corrected chi connectivity index (χ0v) is 8.25. The van der Waals surface area contributed by atoms with Crippen molar-refractivity contribution in [3.8, 4) is 0 Å². The fourth-order valence-corrected chi connectivity index (χ4v) is 1.95. The number of hydrogen-bond donors (Lipinski definition) is 2. The molecule has 1 aliphatic carbocycles. The summed E-state index contributed by atoms with van der Waals surface area (Å²) in [6.07, 6.45) is 9.73. The van der Waals surface area contributed by atoms with Crippen LogP contribution in [-0.2, 0) is 4.79 Å². The van der Waals surface area contributed by atoms with Crippen molar-refractivity contribution in [3.05, 3.63) is 23.8 Å². The maximum Gasteiger partial charge on any atom is 0.234 e. The Labute approximate surface area is 84.3 Å². The zero-order valence-electron chi connectivity index (χ0n) is 8.25. The molecule has 0 aromatic rings. The Morgan fingerprint density at radius 3 is 3.14 bits per heavy atom. The Kier molecular flexibility index (Phi) is 2.99. The number of amides is 1. The maximum atomic E-state index is 11.1. The fraction of sp³-hybridized carbons (Fsp3) is 0.545. The van der Waals surface area contributed by atoms with Crippen LogP contribution in [0.3, 0.4) is 0 Å². The van der Waals surface area contributed by atoms with Crippen LogP contribution in [0.5, 0.6) is 0 Å². The van der Waals surface area contributed by atoms with Gasteiger partial charge in [-0.1, -0.05) is 23.8 Å². The Morgan fingerprint density at radius 2 is 2.43 bits per heavy atom. The van der Waals surface area contributed by atoms with Gasteiger partial charge in [0, 0.05) is 12.6 Å². The first-order valence-corrected chi connectivity index (χ1v) is 5.19. The highest BCUT2D eigenvalue weighted by Crippen LogP contribution is 2.17. The molecule has 0 bridgehead atoms. The minimum atomic E-state index is 0.119. The average molecular weight is 192 g/mol. The second-order valence-electron chi connectivity index (χ2n) is 3.89. The quantitative estimate of drug-likeness (QED) is 0.677. The fourth-order valence-electron chi connectivity index (χ4n) is 1.95. The van der Waals surface area contributed by atoms with Gasteiger partial charge in [-0.05, 0) is 19.3 Å². The van der Waals surface area contributed by atoms with E-state index in [0.29, 0.717) is 6.54 Å². The number of carbonyl (C=O) groups is 1. The van der Waals surface area contributed by atoms with Crippen LogP contribution in [0.2, 0.25) is 0 Å². The second-order valence-corrected chi connectivity index (χ2v) is 3.89. The molecule has 3 heteroatoms. The molecule has 0 aromatic heterocycles. The van der Waals surface area contributed by atoms with Crippen molar-refractivity contribution >= 4 is 5.91 Å². The summed E-state index contributed by atoms with van der Waals surface area (Å²) in [5.41, 5.74) is 1.45. The molecule has 0 radical (unpaired) electrons. The predicted molar refractivity (Wildman–Crippen MR) is 55.9 cm³/mol. The van der Waals surface area contributed by atoms with Crippen molar-refractivity contribution in [1.82, 2.24) is 10.6 Å². The molecule has 2 aliphatic rings. The summed E-state index contributed by atoms with van der Waals surface area (Å²) in [5.74, 6) is 0.119. The average Bonchev–Trinajstić information content (AvgIpc) is 2.19. The summed E-state index contributed by atoms with van der Waals surface area (Å²) < 4.78 is 0. The maximum absolute atomic E-state index is 11.1. The summed E-state index contributed by atoms with van der Waals surface area (Å²) in [4.78, 5) is 11.1. The number of carbonyl (C=O) groups excluding carboxylic acids is 1. The van der Waals surface area contributed by atoms with Crippen LogP contribution in [0.1, 0.15) is 19.3 Å². The van der Waals surface area contributed by atoms with E-state index in [0.717, 1.165) is 25.8 Å². The Bertz CT molecular complexity index is 281. The van der Waals surface area contributed by atoms with Crippen LogP contribution in [0.4, 0.5) is 0 Å². The van der Waals surface area contributed by atoms with Gasteiger partial charge in [-0.2, -0.15) is 0 Å². The SMILES string of the molecule is O=C1CNC[C@@H](CC2=CC=CCC2)N1. The van der Waals surface area contributed by atoms with Gasteiger partial charge in [0.2, 0.25) is 5.91 Å². The lowest BCUT2D eigenvalue weighted by Crippen LogP contribution is -2.52. The molecule has 1 saturated heterocycles. The molecule has 1 fully saturated rings. The molecule has 0 unspecified atom stereocenters. The van der Waals surface area contributed by atoms with Crippen molar-refractivity contribution in [1.29, 1.82) is 0 Å². The van der Waals surface area contributed by atoms with Gasteiger partial charge in [-0.25, -0.2) is 0 Å². The van der Waals surface area contributed by atoms with Gasteiger partial charge in [0.15, 0.2) is 0 Å². The van der Waals surface area contributed by atoms with Crippen molar-refractivity contribution in [2.45, 2.75) is 25.3 Å².